The molecule has 1 aliphatic heterocycles. The van der Waals surface area contributed by atoms with Gasteiger partial charge in [0.1, 0.15) is 15.6 Å². The lowest BCUT2D eigenvalue weighted by atomic mass is 10.2. The third-order valence-corrected chi connectivity index (χ3v) is 6.83. The molecule has 2 N–H and O–H groups in total. The van der Waals surface area contributed by atoms with Gasteiger partial charge in [-0.1, -0.05) is 35.1 Å². The van der Waals surface area contributed by atoms with Crippen molar-refractivity contribution in [2.24, 2.45) is 0 Å². The van der Waals surface area contributed by atoms with Crippen molar-refractivity contribution in [1.29, 1.82) is 0 Å². The number of aromatic nitrogens is 1. The first-order valence-electron chi connectivity index (χ1n) is 11.4. The van der Waals surface area contributed by atoms with Gasteiger partial charge in [0.05, 0.1) is 30.7 Å². The maximum absolute atomic E-state index is 13.2. The van der Waals surface area contributed by atoms with Crippen molar-refractivity contribution in [3.8, 4) is 0 Å². The fraction of sp³-hybridized carbons (Fsp3) is 0.154. The number of anilines is 3. The Hall–Kier alpha value is -4.55. The Morgan fingerprint density at radius 1 is 1.03 bits per heavy atom. The van der Waals surface area contributed by atoms with E-state index in [0.29, 0.717) is 11.4 Å². The van der Waals surface area contributed by atoms with E-state index < -0.39 is 29.7 Å². The number of methoxy groups -OCH3 is 1. The van der Waals surface area contributed by atoms with E-state index in [0.717, 1.165) is 16.2 Å². The molecule has 0 saturated heterocycles. The molecular formula is C26H21ClN4O7S. The number of carbonyl (C=O) groups is 5. The summed E-state index contributed by atoms with van der Waals surface area (Å²) in [5.41, 5.74) is 1.05. The Morgan fingerprint density at radius 3 is 2.46 bits per heavy atom. The molecule has 0 spiro atoms. The highest BCUT2D eigenvalue weighted by Gasteiger charge is 2.39. The van der Waals surface area contributed by atoms with Crippen LogP contribution in [0.25, 0.3) is 0 Å². The van der Waals surface area contributed by atoms with Crippen LogP contribution in [0.3, 0.4) is 0 Å². The fourth-order valence-electron chi connectivity index (χ4n) is 3.62. The minimum Gasteiger partial charge on any atom is -0.465 e. The molecule has 3 aromatic rings. The van der Waals surface area contributed by atoms with Gasteiger partial charge >= 0.3 is 11.9 Å². The van der Waals surface area contributed by atoms with Gasteiger partial charge in [0.2, 0.25) is 0 Å². The molecule has 1 aliphatic rings. The van der Waals surface area contributed by atoms with Crippen LogP contribution in [0, 0.1) is 6.92 Å². The van der Waals surface area contributed by atoms with Crippen molar-refractivity contribution in [2.75, 3.05) is 29.3 Å². The average molecular weight is 569 g/mol. The summed E-state index contributed by atoms with van der Waals surface area (Å²) in [7, 11) is 1.25. The number of hydrogen-bond donors (Lipinski definition) is 2. The highest BCUT2D eigenvalue weighted by molar-refractivity contribution is 7.17. The molecular weight excluding hydrogens is 548 g/mol. The predicted molar refractivity (Wildman–Crippen MR) is 144 cm³/mol. The number of hydrogen-bond acceptors (Lipinski definition) is 10. The normalized spacial score (nSPS) is 13.0. The number of rotatable bonds is 8. The molecule has 2 heterocycles. The molecule has 2 aromatic carbocycles. The third-order valence-electron chi connectivity index (χ3n) is 5.42. The molecule has 3 amide bonds. The van der Waals surface area contributed by atoms with Crippen LogP contribution < -0.4 is 15.5 Å². The number of benzene rings is 2. The molecule has 0 bridgehead atoms. The van der Waals surface area contributed by atoms with Gasteiger partial charge in [-0.15, -0.1) is 0 Å². The second-order valence-corrected chi connectivity index (χ2v) is 9.37. The van der Waals surface area contributed by atoms with Gasteiger partial charge in [0.25, 0.3) is 17.7 Å². The van der Waals surface area contributed by atoms with Gasteiger partial charge in [0, 0.05) is 11.3 Å². The Bertz CT molecular complexity index is 1550. The van der Waals surface area contributed by atoms with Gasteiger partial charge in [-0.2, -0.15) is 0 Å². The van der Waals surface area contributed by atoms with Crippen molar-refractivity contribution in [2.45, 2.75) is 13.8 Å². The SMILES string of the molecule is CCOC(=O)c1cccc(N2C(=O)C(Cl)=C(Nc3cccc(C(=O)Nc4nc(C)c(C(=O)OC)s4)c3)C2=O)c1. The van der Waals surface area contributed by atoms with Crippen molar-refractivity contribution in [3.05, 3.63) is 81.0 Å². The smallest absolute Gasteiger partial charge is 0.350 e. The number of aryl methyl sites for hydroxylation is 1. The van der Waals surface area contributed by atoms with E-state index in [1.807, 2.05) is 0 Å². The average Bonchev–Trinajstić information content (AvgIpc) is 3.39. The minimum absolute atomic E-state index is 0.142. The van der Waals surface area contributed by atoms with E-state index in [2.05, 4.69) is 15.6 Å². The van der Waals surface area contributed by atoms with E-state index in [-0.39, 0.29) is 44.2 Å². The summed E-state index contributed by atoms with van der Waals surface area (Å²) < 4.78 is 9.68. The molecule has 13 heteroatoms. The summed E-state index contributed by atoms with van der Waals surface area (Å²) in [5, 5.41) is 5.29. The largest absolute Gasteiger partial charge is 0.465 e. The molecule has 11 nitrogen and oxygen atoms in total. The number of ether oxygens (including phenoxy) is 2. The first kappa shape index (κ1) is 27.5. The lowest BCUT2D eigenvalue weighted by Gasteiger charge is -2.16. The maximum atomic E-state index is 13.2. The van der Waals surface area contributed by atoms with Crippen LogP contribution in [-0.2, 0) is 19.1 Å². The molecule has 39 heavy (non-hydrogen) atoms. The van der Waals surface area contributed by atoms with Crippen molar-refractivity contribution in [1.82, 2.24) is 4.98 Å². The van der Waals surface area contributed by atoms with Crippen molar-refractivity contribution in [3.63, 3.8) is 0 Å². The van der Waals surface area contributed by atoms with Crippen LogP contribution in [0.15, 0.2) is 59.3 Å². The highest BCUT2D eigenvalue weighted by atomic mass is 35.5. The second-order valence-electron chi connectivity index (χ2n) is 7.99. The summed E-state index contributed by atoms with van der Waals surface area (Å²) in [6.45, 7) is 3.45. The van der Waals surface area contributed by atoms with Gasteiger partial charge in [-0.25, -0.2) is 19.5 Å². The van der Waals surface area contributed by atoms with E-state index in [1.165, 1.54) is 43.5 Å². The number of halogens is 1. The highest BCUT2D eigenvalue weighted by Crippen LogP contribution is 2.31. The van der Waals surface area contributed by atoms with Crippen LogP contribution in [-0.4, -0.2) is 48.4 Å². The third kappa shape index (κ3) is 5.66. The van der Waals surface area contributed by atoms with Crippen LogP contribution in [0.1, 0.15) is 43.0 Å². The standard InChI is InChI=1S/C26H21ClN4O7S/c1-4-38-24(35)15-8-6-10-17(12-15)31-22(33)18(27)19(23(31)34)29-16-9-5-7-14(11-16)21(32)30-26-28-13(2)20(39-26)25(36)37-3/h5-12,29H,4H2,1-3H3,(H,28,30,32). The number of nitrogens with zero attached hydrogens (tertiary/aromatic N) is 2. The van der Waals surface area contributed by atoms with Gasteiger partial charge in [-0.3, -0.25) is 19.7 Å². The summed E-state index contributed by atoms with van der Waals surface area (Å²) >= 11 is 7.20. The van der Waals surface area contributed by atoms with E-state index in [4.69, 9.17) is 21.1 Å². The molecule has 0 aliphatic carbocycles. The summed E-state index contributed by atoms with van der Waals surface area (Å²) in [6, 6.07) is 12.0. The van der Waals surface area contributed by atoms with Crippen LogP contribution in [0.5, 0.6) is 0 Å². The Kier molecular flexibility index (Phi) is 8.07. The molecule has 4 rings (SSSR count). The summed E-state index contributed by atoms with van der Waals surface area (Å²) in [6.07, 6.45) is 0. The predicted octanol–water partition coefficient (Wildman–Crippen LogP) is 4.10. The molecule has 0 saturated carbocycles. The monoisotopic (exact) mass is 568 g/mol. The van der Waals surface area contributed by atoms with Crippen LogP contribution >= 0.6 is 22.9 Å². The Morgan fingerprint density at radius 2 is 1.74 bits per heavy atom. The zero-order chi connectivity index (χ0) is 28.3. The summed E-state index contributed by atoms with van der Waals surface area (Å²) in [4.78, 5) is 68.0. The zero-order valence-electron chi connectivity index (χ0n) is 20.9. The van der Waals surface area contributed by atoms with E-state index >= 15 is 0 Å². The number of imide groups is 1. The Balaban J connectivity index is 1.52. The number of amides is 3. The maximum Gasteiger partial charge on any atom is 0.350 e. The van der Waals surface area contributed by atoms with Crippen molar-refractivity contribution >= 4 is 69.1 Å². The molecule has 200 valence electrons. The fourth-order valence-corrected chi connectivity index (χ4v) is 4.71. The zero-order valence-corrected chi connectivity index (χ0v) is 22.4. The first-order chi connectivity index (χ1) is 18.6. The molecule has 0 atom stereocenters. The minimum atomic E-state index is -0.778. The lowest BCUT2D eigenvalue weighted by Crippen LogP contribution is -2.32. The first-order valence-corrected chi connectivity index (χ1v) is 12.6. The molecule has 0 radical (unpaired) electrons. The molecule has 1 aromatic heterocycles. The summed E-state index contributed by atoms with van der Waals surface area (Å²) in [5.74, 6) is -3.19. The molecule has 0 fully saturated rings. The Labute approximate surface area is 231 Å². The van der Waals surface area contributed by atoms with Gasteiger partial charge in [-0.05, 0) is 50.2 Å². The van der Waals surface area contributed by atoms with Gasteiger partial charge in [0.15, 0.2) is 5.13 Å². The number of thiazole rings is 1. The van der Waals surface area contributed by atoms with E-state index in [9.17, 15) is 24.0 Å². The van der Waals surface area contributed by atoms with E-state index in [1.54, 1.807) is 26.0 Å². The quantitative estimate of drug-likeness (QED) is 0.303. The van der Waals surface area contributed by atoms with Crippen molar-refractivity contribution < 1.29 is 33.4 Å². The lowest BCUT2D eigenvalue weighted by molar-refractivity contribution is -0.120. The van der Waals surface area contributed by atoms with Crippen LogP contribution in [0.2, 0.25) is 0 Å². The number of esters is 2. The second kappa shape index (κ2) is 11.5. The molecule has 0 unspecified atom stereocenters. The number of carbonyl (C=O) groups excluding carboxylic acids is 5. The van der Waals surface area contributed by atoms with Crippen LogP contribution in [0.4, 0.5) is 16.5 Å². The number of nitrogens with one attached hydrogen (secondary N) is 2. The van der Waals surface area contributed by atoms with Gasteiger partial charge < -0.3 is 14.8 Å². The topological polar surface area (TPSA) is 144 Å².